The Hall–Kier alpha value is -2.36. The first-order chi connectivity index (χ1) is 11.1. The van der Waals surface area contributed by atoms with Crippen LogP contribution in [0, 0.1) is 16.0 Å². The van der Waals surface area contributed by atoms with Crippen molar-refractivity contribution in [1.82, 2.24) is 0 Å². The highest BCUT2D eigenvalue weighted by Gasteiger charge is 2.26. The molecule has 0 heterocycles. The maximum Gasteiger partial charge on any atom is 0.269 e. The van der Waals surface area contributed by atoms with Crippen LogP contribution in [0.2, 0.25) is 0 Å². The first kappa shape index (κ1) is 15.5. The van der Waals surface area contributed by atoms with E-state index in [0.29, 0.717) is 11.8 Å². The van der Waals surface area contributed by atoms with Gasteiger partial charge in [-0.15, -0.1) is 0 Å². The molecule has 1 saturated carbocycles. The molecule has 0 aliphatic heterocycles. The Bertz CT molecular complexity index is 658. The molecule has 4 nitrogen and oxygen atoms in total. The van der Waals surface area contributed by atoms with Gasteiger partial charge in [0.25, 0.3) is 5.69 Å². The number of non-ortho nitro benzene ring substituents is 1. The molecule has 1 fully saturated rings. The first-order valence-corrected chi connectivity index (χ1v) is 8.16. The van der Waals surface area contributed by atoms with E-state index < -0.39 is 0 Å². The van der Waals surface area contributed by atoms with Crippen LogP contribution in [0.1, 0.15) is 42.7 Å². The average Bonchev–Trinajstić information content (AvgIpc) is 3.08. The molecule has 0 radical (unpaired) electrons. The molecule has 0 bridgehead atoms. The van der Waals surface area contributed by atoms with Gasteiger partial charge in [-0.1, -0.05) is 37.1 Å². The Morgan fingerprint density at radius 2 is 1.65 bits per heavy atom. The third kappa shape index (κ3) is 3.70. The third-order valence-electron chi connectivity index (χ3n) is 4.89. The summed E-state index contributed by atoms with van der Waals surface area (Å²) >= 11 is 0. The fraction of sp³-hybridized carbons (Fsp3) is 0.368. The fourth-order valence-corrected chi connectivity index (χ4v) is 3.65. The predicted molar refractivity (Wildman–Crippen MR) is 89.6 cm³/mol. The molecule has 1 aliphatic carbocycles. The quantitative estimate of drug-likeness (QED) is 0.636. The van der Waals surface area contributed by atoms with E-state index in [2.05, 4.69) is 0 Å². The molecule has 4 heteroatoms. The van der Waals surface area contributed by atoms with Crippen molar-refractivity contribution >= 4 is 5.69 Å². The lowest BCUT2D eigenvalue weighted by Crippen LogP contribution is -2.13. The van der Waals surface area contributed by atoms with Crippen molar-refractivity contribution in [2.45, 2.75) is 38.0 Å². The van der Waals surface area contributed by atoms with Gasteiger partial charge >= 0.3 is 0 Å². The monoisotopic (exact) mass is 311 g/mol. The first-order valence-electron chi connectivity index (χ1n) is 8.16. The largest absolute Gasteiger partial charge is 0.508 e. The zero-order valence-electron chi connectivity index (χ0n) is 13.0. The molecule has 0 amide bonds. The van der Waals surface area contributed by atoms with Crippen LogP contribution in [-0.2, 0) is 6.42 Å². The van der Waals surface area contributed by atoms with E-state index in [0.717, 1.165) is 12.0 Å². The van der Waals surface area contributed by atoms with Crippen molar-refractivity contribution in [3.8, 4) is 5.75 Å². The highest BCUT2D eigenvalue weighted by molar-refractivity contribution is 5.35. The normalized spacial score (nSPS) is 16.3. The molecule has 1 N–H and O–H groups in total. The summed E-state index contributed by atoms with van der Waals surface area (Å²) in [6.45, 7) is 0. The Labute approximate surface area is 135 Å². The Kier molecular flexibility index (Phi) is 4.60. The van der Waals surface area contributed by atoms with Crippen molar-refractivity contribution in [2.24, 2.45) is 5.92 Å². The molecule has 120 valence electrons. The summed E-state index contributed by atoms with van der Waals surface area (Å²) in [5, 5.41) is 20.3. The van der Waals surface area contributed by atoms with Crippen LogP contribution < -0.4 is 0 Å². The smallest absolute Gasteiger partial charge is 0.269 e. The Balaban J connectivity index is 1.83. The summed E-state index contributed by atoms with van der Waals surface area (Å²) in [4.78, 5) is 10.4. The molecular weight excluding hydrogens is 290 g/mol. The summed E-state index contributed by atoms with van der Waals surface area (Å²) < 4.78 is 0. The number of hydrogen-bond acceptors (Lipinski definition) is 3. The molecule has 1 unspecified atom stereocenters. The number of phenols is 1. The van der Waals surface area contributed by atoms with Gasteiger partial charge in [-0.25, -0.2) is 0 Å². The maximum absolute atomic E-state index is 10.8. The summed E-state index contributed by atoms with van der Waals surface area (Å²) in [7, 11) is 0. The van der Waals surface area contributed by atoms with Crippen molar-refractivity contribution < 1.29 is 10.0 Å². The molecule has 23 heavy (non-hydrogen) atoms. The highest BCUT2D eigenvalue weighted by atomic mass is 16.6. The SMILES string of the molecule is O=[N+]([O-])c1ccc(CC(c2ccc(O)cc2)C2CCCC2)cc1. The number of nitrogens with zero attached hydrogens (tertiary/aromatic N) is 1. The minimum absolute atomic E-state index is 0.135. The maximum atomic E-state index is 10.8. The van der Waals surface area contributed by atoms with Crippen LogP contribution in [0.25, 0.3) is 0 Å². The molecule has 0 spiro atoms. The Morgan fingerprint density at radius 1 is 1.04 bits per heavy atom. The van der Waals surface area contributed by atoms with Gasteiger partial charge in [-0.05, 0) is 54.4 Å². The van der Waals surface area contributed by atoms with Gasteiger partial charge in [-0.2, -0.15) is 0 Å². The standard InChI is InChI=1S/C19H21NO3/c21-18-11-7-16(8-12-18)19(15-3-1-2-4-15)13-14-5-9-17(10-6-14)20(22)23/h5-12,15,19,21H,1-4,13H2. The summed E-state index contributed by atoms with van der Waals surface area (Å²) in [5.41, 5.74) is 2.50. The van der Waals surface area contributed by atoms with E-state index in [1.54, 1.807) is 24.3 Å². The van der Waals surface area contributed by atoms with Crippen molar-refractivity contribution in [2.75, 3.05) is 0 Å². The second kappa shape index (κ2) is 6.82. The number of hydrogen-bond donors (Lipinski definition) is 1. The topological polar surface area (TPSA) is 63.4 Å². The van der Waals surface area contributed by atoms with Gasteiger partial charge in [-0.3, -0.25) is 10.1 Å². The van der Waals surface area contributed by atoms with E-state index in [1.807, 2.05) is 24.3 Å². The van der Waals surface area contributed by atoms with E-state index in [-0.39, 0.29) is 16.4 Å². The number of nitro groups is 1. The molecule has 2 aromatic rings. The second-order valence-electron chi connectivity index (χ2n) is 6.37. The molecule has 0 aromatic heterocycles. The van der Waals surface area contributed by atoms with Gasteiger partial charge in [0.2, 0.25) is 0 Å². The summed E-state index contributed by atoms with van der Waals surface area (Å²) in [5.74, 6) is 1.34. The lowest BCUT2D eigenvalue weighted by Gasteiger charge is -2.24. The highest BCUT2D eigenvalue weighted by Crippen LogP contribution is 2.39. The molecule has 1 aliphatic rings. The van der Waals surface area contributed by atoms with Crippen molar-refractivity contribution in [3.63, 3.8) is 0 Å². The molecule has 0 saturated heterocycles. The molecule has 1 atom stereocenters. The van der Waals surface area contributed by atoms with Crippen LogP contribution in [-0.4, -0.2) is 10.0 Å². The molecular formula is C19H21NO3. The van der Waals surface area contributed by atoms with Crippen LogP contribution >= 0.6 is 0 Å². The molecule has 2 aromatic carbocycles. The van der Waals surface area contributed by atoms with Crippen LogP contribution in [0.5, 0.6) is 5.75 Å². The lowest BCUT2D eigenvalue weighted by molar-refractivity contribution is -0.384. The van der Waals surface area contributed by atoms with Crippen LogP contribution in [0.4, 0.5) is 5.69 Å². The van der Waals surface area contributed by atoms with Crippen LogP contribution in [0.3, 0.4) is 0 Å². The fourth-order valence-electron chi connectivity index (χ4n) is 3.65. The van der Waals surface area contributed by atoms with E-state index >= 15 is 0 Å². The van der Waals surface area contributed by atoms with Crippen LogP contribution in [0.15, 0.2) is 48.5 Å². The van der Waals surface area contributed by atoms with Gasteiger partial charge in [0.15, 0.2) is 0 Å². The summed E-state index contributed by atoms with van der Waals surface area (Å²) in [6.07, 6.45) is 5.91. The minimum atomic E-state index is -0.363. The Morgan fingerprint density at radius 3 is 2.22 bits per heavy atom. The van der Waals surface area contributed by atoms with Crippen molar-refractivity contribution in [3.05, 3.63) is 69.8 Å². The van der Waals surface area contributed by atoms with Gasteiger partial charge < -0.3 is 5.11 Å². The van der Waals surface area contributed by atoms with Gasteiger partial charge in [0.1, 0.15) is 5.75 Å². The van der Waals surface area contributed by atoms with E-state index in [4.69, 9.17) is 0 Å². The number of benzene rings is 2. The predicted octanol–water partition coefficient (Wildman–Crippen LogP) is 4.82. The number of nitro benzene ring substituents is 1. The minimum Gasteiger partial charge on any atom is -0.508 e. The molecule has 3 rings (SSSR count). The van der Waals surface area contributed by atoms with E-state index in [1.165, 1.54) is 31.2 Å². The average molecular weight is 311 g/mol. The van der Waals surface area contributed by atoms with Gasteiger partial charge in [0.05, 0.1) is 4.92 Å². The lowest BCUT2D eigenvalue weighted by atomic mass is 9.80. The number of aromatic hydroxyl groups is 1. The number of rotatable bonds is 5. The van der Waals surface area contributed by atoms with E-state index in [9.17, 15) is 15.2 Å². The van der Waals surface area contributed by atoms with Gasteiger partial charge in [0, 0.05) is 12.1 Å². The number of phenolic OH excluding ortho intramolecular Hbond substituents is 1. The summed E-state index contributed by atoms with van der Waals surface area (Å²) in [6, 6.07) is 14.4. The second-order valence-corrected chi connectivity index (χ2v) is 6.37. The third-order valence-corrected chi connectivity index (χ3v) is 4.89. The zero-order valence-corrected chi connectivity index (χ0v) is 13.0. The van der Waals surface area contributed by atoms with Crippen molar-refractivity contribution in [1.29, 1.82) is 0 Å². The zero-order chi connectivity index (χ0) is 16.2.